The molecule has 2 amide bonds. The van der Waals surface area contributed by atoms with E-state index in [1.807, 2.05) is 23.1 Å². The van der Waals surface area contributed by atoms with Gasteiger partial charge in [-0.05, 0) is 12.1 Å². The maximum Gasteiger partial charge on any atom is 0.226 e. The van der Waals surface area contributed by atoms with Crippen LogP contribution in [0.15, 0.2) is 24.3 Å². The molecule has 0 bridgehead atoms. The summed E-state index contributed by atoms with van der Waals surface area (Å²) in [5, 5.41) is 4.14. The Morgan fingerprint density at radius 1 is 1.09 bits per heavy atom. The number of aromatic nitrogens is 2. The van der Waals surface area contributed by atoms with Crippen LogP contribution in [0.1, 0.15) is 35.1 Å². The molecule has 2 aliphatic rings. The third kappa shape index (κ3) is 4.00. The van der Waals surface area contributed by atoms with Gasteiger partial charge in [0.25, 0.3) is 0 Å². The molecule has 2 aromatic heterocycles. The van der Waals surface area contributed by atoms with Crippen molar-refractivity contribution in [3.8, 4) is 0 Å². The predicted molar refractivity (Wildman–Crippen MR) is 126 cm³/mol. The number of carbonyl (C=O) groups is 3. The number of nitrogens with zero attached hydrogens (tertiary/aromatic N) is 4. The summed E-state index contributed by atoms with van der Waals surface area (Å²) in [5.41, 5.74) is 1.63. The number of Topliss-reactive ketones (excluding diaryl/α,β-unsaturated/α-hetero) is 1. The number of thiazole rings is 2. The molecule has 166 valence electrons. The van der Waals surface area contributed by atoms with E-state index in [4.69, 9.17) is 4.98 Å². The van der Waals surface area contributed by atoms with Gasteiger partial charge in [0.15, 0.2) is 16.0 Å². The minimum atomic E-state index is -0.388. The highest BCUT2D eigenvalue weighted by Crippen LogP contribution is 2.34. The van der Waals surface area contributed by atoms with Crippen molar-refractivity contribution in [2.45, 2.75) is 26.2 Å². The highest BCUT2D eigenvalue weighted by atomic mass is 32.1. The fourth-order valence-electron chi connectivity index (χ4n) is 4.14. The molecule has 1 aliphatic heterocycles. The zero-order valence-corrected chi connectivity index (χ0v) is 19.3. The first-order valence-electron chi connectivity index (χ1n) is 10.7. The van der Waals surface area contributed by atoms with Crippen molar-refractivity contribution in [3.63, 3.8) is 0 Å². The molecule has 1 saturated heterocycles. The number of benzene rings is 1. The van der Waals surface area contributed by atoms with Crippen LogP contribution in [-0.4, -0.2) is 58.6 Å². The van der Waals surface area contributed by atoms with Crippen molar-refractivity contribution in [2.75, 3.05) is 36.4 Å². The summed E-state index contributed by atoms with van der Waals surface area (Å²) in [6.45, 7) is 4.43. The summed E-state index contributed by atoms with van der Waals surface area (Å²) in [5.74, 6) is -0.574. The van der Waals surface area contributed by atoms with Gasteiger partial charge in [0.05, 0.1) is 26.7 Å². The topological polar surface area (TPSA) is 95.5 Å². The Morgan fingerprint density at radius 3 is 2.62 bits per heavy atom. The number of anilines is 2. The molecule has 3 heterocycles. The number of rotatable bonds is 4. The number of fused-ring (bicyclic) bond motifs is 2. The van der Waals surface area contributed by atoms with Crippen LogP contribution in [0.4, 0.5) is 10.3 Å². The zero-order valence-electron chi connectivity index (χ0n) is 17.7. The van der Waals surface area contributed by atoms with Crippen LogP contribution in [0.2, 0.25) is 0 Å². The second kappa shape index (κ2) is 8.59. The van der Waals surface area contributed by atoms with Crippen LogP contribution in [0, 0.1) is 5.92 Å². The predicted octanol–water partition coefficient (Wildman–Crippen LogP) is 3.20. The van der Waals surface area contributed by atoms with E-state index in [2.05, 4.69) is 21.3 Å². The minimum absolute atomic E-state index is 0.0140. The van der Waals surface area contributed by atoms with Crippen molar-refractivity contribution >= 4 is 60.8 Å². The number of hydrogen-bond acceptors (Lipinski definition) is 8. The van der Waals surface area contributed by atoms with E-state index in [0.717, 1.165) is 28.4 Å². The molecular weight excluding hydrogens is 446 g/mol. The van der Waals surface area contributed by atoms with E-state index in [1.54, 1.807) is 18.3 Å². The molecule has 1 atom stereocenters. The summed E-state index contributed by atoms with van der Waals surface area (Å²) in [6, 6.07) is 8.09. The van der Waals surface area contributed by atoms with Gasteiger partial charge in [-0.15, -0.1) is 0 Å². The molecule has 0 radical (unpaired) electrons. The third-order valence-electron chi connectivity index (χ3n) is 5.88. The first-order valence-corrected chi connectivity index (χ1v) is 12.4. The molecule has 1 N–H and O–H groups in total. The standard InChI is InChI=1S/C22H23N5O3S2/c1-2-18(29)25-21-23-15-11-13(12-16(28)19(15)32-21)20(30)26-7-9-27(10-8-26)22-24-14-5-3-4-6-17(14)31-22/h3-6,13H,2,7-12H2,1H3,(H,23,25,29). The van der Waals surface area contributed by atoms with Gasteiger partial charge >= 0.3 is 0 Å². The summed E-state index contributed by atoms with van der Waals surface area (Å²) < 4.78 is 1.16. The van der Waals surface area contributed by atoms with Gasteiger partial charge in [-0.2, -0.15) is 0 Å². The summed E-state index contributed by atoms with van der Waals surface area (Å²) in [7, 11) is 0. The monoisotopic (exact) mass is 469 g/mol. The lowest BCUT2D eigenvalue weighted by atomic mass is 9.88. The number of piperazine rings is 1. The van der Waals surface area contributed by atoms with Crippen LogP contribution in [-0.2, 0) is 16.0 Å². The average Bonchev–Trinajstić information content (AvgIpc) is 3.42. The Balaban J connectivity index is 1.23. The number of para-hydroxylation sites is 1. The first-order chi connectivity index (χ1) is 15.5. The quantitative estimate of drug-likeness (QED) is 0.631. The molecule has 1 aromatic carbocycles. The molecule has 0 saturated carbocycles. The molecule has 10 heteroatoms. The molecule has 5 rings (SSSR count). The minimum Gasteiger partial charge on any atom is -0.345 e. The van der Waals surface area contributed by atoms with E-state index >= 15 is 0 Å². The third-order valence-corrected chi connectivity index (χ3v) is 8.03. The van der Waals surface area contributed by atoms with Crippen molar-refractivity contribution in [2.24, 2.45) is 5.92 Å². The summed E-state index contributed by atoms with van der Waals surface area (Å²) >= 11 is 2.88. The van der Waals surface area contributed by atoms with Crippen LogP contribution in [0.3, 0.4) is 0 Å². The number of hydrogen-bond donors (Lipinski definition) is 1. The molecule has 8 nitrogen and oxygen atoms in total. The Bertz CT molecular complexity index is 1160. The van der Waals surface area contributed by atoms with Gasteiger partial charge in [-0.1, -0.05) is 41.7 Å². The largest absolute Gasteiger partial charge is 0.345 e. The first kappa shape index (κ1) is 21.0. The molecule has 1 fully saturated rings. The molecular formula is C22H23N5O3S2. The Hall–Kier alpha value is -2.85. The maximum atomic E-state index is 13.2. The van der Waals surface area contributed by atoms with E-state index in [-0.39, 0.29) is 29.9 Å². The van der Waals surface area contributed by atoms with Crippen LogP contribution < -0.4 is 10.2 Å². The highest BCUT2D eigenvalue weighted by molar-refractivity contribution is 7.22. The van der Waals surface area contributed by atoms with Gasteiger partial charge in [0, 0.05) is 45.4 Å². The summed E-state index contributed by atoms with van der Waals surface area (Å²) in [4.78, 5) is 51.2. The van der Waals surface area contributed by atoms with Gasteiger partial charge < -0.3 is 15.1 Å². The molecule has 1 aliphatic carbocycles. The Morgan fingerprint density at radius 2 is 1.88 bits per heavy atom. The SMILES string of the molecule is CCC(=O)Nc1nc2c(s1)C(=O)CC(C(=O)N1CCN(c3nc4ccccc4s3)CC1)C2. The van der Waals surface area contributed by atoms with Gasteiger partial charge in [0.1, 0.15) is 0 Å². The lowest BCUT2D eigenvalue weighted by Crippen LogP contribution is -2.51. The molecule has 32 heavy (non-hydrogen) atoms. The van der Waals surface area contributed by atoms with E-state index in [1.165, 1.54) is 11.3 Å². The fraction of sp³-hybridized carbons (Fsp3) is 0.409. The van der Waals surface area contributed by atoms with Gasteiger partial charge in [-0.3, -0.25) is 14.4 Å². The van der Waals surface area contributed by atoms with E-state index < -0.39 is 0 Å². The average molecular weight is 470 g/mol. The Kier molecular flexibility index (Phi) is 5.64. The number of ketones is 1. The van der Waals surface area contributed by atoms with Crippen molar-refractivity contribution in [3.05, 3.63) is 34.8 Å². The second-order valence-electron chi connectivity index (χ2n) is 8.00. The smallest absolute Gasteiger partial charge is 0.226 e. The molecule has 3 aromatic rings. The fourth-order valence-corrected chi connectivity index (χ4v) is 6.11. The van der Waals surface area contributed by atoms with Gasteiger partial charge in [-0.25, -0.2) is 9.97 Å². The van der Waals surface area contributed by atoms with E-state index in [0.29, 0.717) is 41.6 Å². The lowest BCUT2D eigenvalue weighted by Gasteiger charge is -2.36. The number of nitrogens with one attached hydrogen (secondary N) is 1. The maximum absolute atomic E-state index is 13.2. The van der Waals surface area contributed by atoms with Crippen LogP contribution in [0.25, 0.3) is 10.2 Å². The normalized spacial score (nSPS) is 18.7. The summed E-state index contributed by atoms with van der Waals surface area (Å²) in [6.07, 6.45) is 0.992. The second-order valence-corrected chi connectivity index (χ2v) is 10.0. The number of amides is 2. The zero-order chi connectivity index (χ0) is 22.2. The van der Waals surface area contributed by atoms with Crippen LogP contribution in [0.5, 0.6) is 0 Å². The van der Waals surface area contributed by atoms with Crippen LogP contribution >= 0.6 is 22.7 Å². The highest BCUT2D eigenvalue weighted by Gasteiger charge is 2.36. The van der Waals surface area contributed by atoms with E-state index in [9.17, 15) is 14.4 Å². The molecule has 1 unspecified atom stereocenters. The lowest BCUT2D eigenvalue weighted by molar-refractivity contribution is -0.135. The Labute approximate surface area is 193 Å². The molecule has 0 spiro atoms. The number of carbonyl (C=O) groups excluding carboxylic acids is 3. The van der Waals surface area contributed by atoms with Crippen molar-refractivity contribution < 1.29 is 14.4 Å². The van der Waals surface area contributed by atoms with Crippen molar-refractivity contribution in [1.82, 2.24) is 14.9 Å². The van der Waals surface area contributed by atoms with Gasteiger partial charge in [0.2, 0.25) is 11.8 Å². The van der Waals surface area contributed by atoms with Crippen molar-refractivity contribution in [1.29, 1.82) is 0 Å².